The number of hydrogen-bond donors (Lipinski definition) is 2. The summed E-state index contributed by atoms with van der Waals surface area (Å²) < 4.78 is 10.8. The molecule has 0 unspecified atom stereocenters. The van der Waals surface area contributed by atoms with Gasteiger partial charge in [-0.15, -0.1) is 10.2 Å². The Hall–Kier alpha value is -3.44. The summed E-state index contributed by atoms with van der Waals surface area (Å²) in [6.45, 7) is 1.88. The summed E-state index contributed by atoms with van der Waals surface area (Å²) in [5.41, 5.74) is 0.976. The third-order valence-electron chi connectivity index (χ3n) is 3.77. The molecule has 0 saturated heterocycles. The molecule has 0 radical (unpaired) electrons. The van der Waals surface area contributed by atoms with E-state index in [-0.39, 0.29) is 24.2 Å². The SMILES string of the molecule is CCOC(=O)c1ccc(NC(=O)CSc2nnc(NC(=O)COc3ccccc3)s2)cc1. The molecule has 9 nitrogen and oxygen atoms in total. The Morgan fingerprint density at radius 1 is 0.969 bits per heavy atom. The molecule has 3 aromatic rings. The number of nitrogens with zero attached hydrogens (tertiary/aromatic N) is 2. The minimum absolute atomic E-state index is 0.110. The number of hydrogen-bond acceptors (Lipinski definition) is 9. The average Bonchev–Trinajstić information content (AvgIpc) is 3.25. The quantitative estimate of drug-likeness (QED) is 0.262. The zero-order valence-electron chi connectivity index (χ0n) is 17.1. The second kappa shape index (κ2) is 11.8. The second-order valence-electron chi connectivity index (χ2n) is 6.16. The highest BCUT2D eigenvalue weighted by molar-refractivity contribution is 8.01. The van der Waals surface area contributed by atoms with Crippen molar-refractivity contribution in [2.45, 2.75) is 11.3 Å². The smallest absolute Gasteiger partial charge is 0.338 e. The van der Waals surface area contributed by atoms with Crippen molar-refractivity contribution in [2.24, 2.45) is 0 Å². The van der Waals surface area contributed by atoms with Gasteiger partial charge in [-0.1, -0.05) is 41.3 Å². The van der Waals surface area contributed by atoms with Crippen LogP contribution < -0.4 is 15.4 Å². The van der Waals surface area contributed by atoms with Gasteiger partial charge in [0.1, 0.15) is 5.75 Å². The number of anilines is 2. The van der Waals surface area contributed by atoms with Gasteiger partial charge in [0, 0.05) is 5.69 Å². The summed E-state index contributed by atoms with van der Waals surface area (Å²) in [6.07, 6.45) is 0. The number of aromatic nitrogens is 2. The number of carbonyl (C=O) groups is 3. The number of ether oxygens (including phenoxy) is 2. The first kappa shape index (κ1) is 23.2. The van der Waals surface area contributed by atoms with E-state index in [1.165, 1.54) is 11.8 Å². The number of nitrogens with one attached hydrogen (secondary N) is 2. The molecule has 0 saturated carbocycles. The van der Waals surface area contributed by atoms with Gasteiger partial charge in [-0.25, -0.2) is 4.79 Å². The number of amides is 2. The van der Waals surface area contributed by atoms with Gasteiger partial charge in [0.25, 0.3) is 5.91 Å². The fourth-order valence-electron chi connectivity index (χ4n) is 2.37. The lowest BCUT2D eigenvalue weighted by Crippen LogP contribution is -2.20. The zero-order valence-corrected chi connectivity index (χ0v) is 18.7. The normalized spacial score (nSPS) is 10.3. The van der Waals surface area contributed by atoms with Gasteiger partial charge in [-0.3, -0.25) is 14.9 Å². The topological polar surface area (TPSA) is 120 Å². The number of carbonyl (C=O) groups excluding carboxylic acids is 3. The van der Waals surface area contributed by atoms with Crippen molar-refractivity contribution >= 4 is 51.7 Å². The molecule has 2 N–H and O–H groups in total. The molecule has 32 heavy (non-hydrogen) atoms. The average molecular weight is 473 g/mol. The molecule has 0 bridgehead atoms. The van der Waals surface area contributed by atoms with Crippen LogP contribution in [0, 0.1) is 0 Å². The Bertz CT molecular complexity index is 1060. The maximum atomic E-state index is 12.2. The third kappa shape index (κ3) is 7.36. The molecule has 3 rings (SSSR count). The molecule has 2 amide bonds. The van der Waals surface area contributed by atoms with Gasteiger partial charge in [0.05, 0.1) is 17.9 Å². The van der Waals surface area contributed by atoms with Gasteiger partial charge in [0.2, 0.25) is 11.0 Å². The third-order valence-corrected chi connectivity index (χ3v) is 5.74. The summed E-state index contributed by atoms with van der Waals surface area (Å²) >= 11 is 2.36. The van der Waals surface area contributed by atoms with Gasteiger partial charge in [-0.05, 0) is 43.3 Å². The van der Waals surface area contributed by atoms with Gasteiger partial charge in [-0.2, -0.15) is 0 Å². The molecule has 0 aliphatic heterocycles. The Morgan fingerprint density at radius 3 is 2.44 bits per heavy atom. The van der Waals surface area contributed by atoms with E-state index in [1.54, 1.807) is 43.3 Å². The predicted octanol–water partition coefficient (Wildman–Crippen LogP) is 3.46. The van der Waals surface area contributed by atoms with Crippen LogP contribution in [0.3, 0.4) is 0 Å². The summed E-state index contributed by atoms with van der Waals surface area (Å²) in [7, 11) is 0. The highest BCUT2D eigenvalue weighted by Crippen LogP contribution is 2.25. The van der Waals surface area contributed by atoms with Crippen LogP contribution in [0.4, 0.5) is 10.8 Å². The Kier molecular flexibility index (Phi) is 8.58. The molecule has 1 heterocycles. The number of para-hydroxylation sites is 1. The van der Waals surface area contributed by atoms with Crippen molar-refractivity contribution in [3.05, 3.63) is 60.2 Å². The van der Waals surface area contributed by atoms with E-state index in [4.69, 9.17) is 9.47 Å². The van der Waals surface area contributed by atoms with E-state index in [9.17, 15) is 14.4 Å². The minimum Gasteiger partial charge on any atom is -0.484 e. The van der Waals surface area contributed by atoms with Gasteiger partial charge in [0.15, 0.2) is 10.9 Å². The highest BCUT2D eigenvalue weighted by atomic mass is 32.2. The second-order valence-corrected chi connectivity index (χ2v) is 8.36. The number of thioether (sulfide) groups is 1. The Labute approximate surface area is 192 Å². The molecule has 0 spiro atoms. The van der Waals surface area contributed by atoms with Crippen LogP contribution >= 0.6 is 23.1 Å². The first-order chi connectivity index (χ1) is 15.5. The zero-order chi connectivity index (χ0) is 22.8. The van der Waals surface area contributed by atoms with Crippen LogP contribution in [0.5, 0.6) is 5.75 Å². The van der Waals surface area contributed by atoms with Crippen molar-refractivity contribution in [2.75, 3.05) is 29.6 Å². The summed E-state index contributed by atoms with van der Waals surface area (Å²) in [5, 5.41) is 13.5. The Morgan fingerprint density at radius 2 is 1.72 bits per heavy atom. The van der Waals surface area contributed by atoms with Crippen molar-refractivity contribution < 1.29 is 23.9 Å². The van der Waals surface area contributed by atoms with E-state index in [0.717, 1.165) is 11.3 Å². The molecular weight excluding hydrogens is 452 g/mol. The van der Waals surface area contributed by atoms with Crippen LogP contribution in [0.1, 0.15) is 17.3 Å². The van der Waals surface area contributed by atoms with Crippen LogP contribution in [-0.4, -0.2) is 46.9 Å². The molecule has 0 atom stereocenters. The minimum atomic E-state index is -0.410. The number of esters is 1. The van der Waals surface area contributed by atoms with Gasteiger partial charge >= 0.3 is 5.97 Å². The maximum absolute atomic E-state index is 12.2. The first-order valence-electron chi connectivity index (χ1n) is 9.54. The van der Waals surface area contributed by atoms with Crippen molar-refractivity contribution in [3.8, 4) is 5.75 Å². The molecule has 0 aliphatic carbocycles. The largest absolute Gasteiger partial charge is 0.484 e. The summed E-state index contributed by atoms with van der Waals surface area (Å²) in [5.74, 6) is -0.301. The molecule has 1 aromatic heterocycles. The van der Waals surface area contributed by atoms with Crippen LogP contribution in [0.25, 0.3) is 0 Å². The molecular formula is C21H20N4O5S2. The lowest BCUT2D eigenvalue weighted by atomic mass is 10.2. The molecule has 166 valence electrons. The monoisotopic (exact) mass is 472 g/mol. The summed E-state index contributed by atoms with van der Waals surface area (Å²) in [6, 6.07) is 15.4. The molecule has 2 aromatic carbocycles. The lowest BCUT2D eigenvalue weighted by molar-refractivity contribution is -0.118. The lowest BCUT2D eigenvalue weighted by Gasteiger charge is -2.06. The van der Waals surface area contributed by atoms with E-state index in [0.29, 0.717) is 33.1 Å². The fourth-order valence-corrected chi connectivity index (χ4v) is 3.94. The van der Waals surface area contributed by atoms with E-state index in [2.05, 4.69) is 20.8 Å². The maximum Gasteiger partial charge on any atom is 0.338 e. The molecule has 11 heteroatoms. The fraction of sp³-hybridized carbons (Fsp3) is 0.190. The van der Waals surface area contributed by atoms with E-state index in [1.807, 2.05) is 18.2 Å². The summed E-state index contributed by atoms with van der Waals surface area (Å²) in [4.78, 5) is 35.8. The van der Waals surface area contributed by atoms with Crippen LogP contribution in [0.2, 0.25) is 0 Å². The standard InChI is InChI=1S/C21H20N4O5S2/c1-2-29-19(28)14-8-10-15(11-9-14)22-18(27)13-31-21-25-24-20(32-21)23-17(26)12-30-16-6-4-3-5-7-16/h3-11H,2,12-13H2,1H3,(H,22,27)(H,23,24,26). The van der Waals surface area contributed by atoms with Crippen molar-refractivity contribution in [1.29, 1.82) is 0 Å². The molecule has 0 aliphatic rings. The first-order valence-corrected chi connectivity index (χ1v) is 11.3. The number of rotatable bonds is 10. The number of benzene rings is 2. The Balaban J connectivity index is 1.41. The predicted molar refractivity (Wildman–Crippen MR) is 122 cm³/mol. The van der Waals surface area contributed by atoms with Gasteiger partial charge < -0.3 is 14.8 Å². The van der Waals surface area contributed by atoms with E-state index < -0.39 is 5.97 Å². The van der Waals surface area contributed by atoms with Crippen LogP contribution in [0.15, 0.2) is 58.9 Å². The highest BCUT2D eigenvalue weighted by Gasteiger charge is 2.12. The van der Waals surface area contributed by atoms with Crippen molar-refractivity contribution in [3.63, 3.8) is 0 Å². The molecule has 0 fully saturated rings. The van der Waals surface area contributed by atoms with Crippen molar-refractivity contribution in [1.82, 2.24) is 10.2 Å². The van der Waals surface area contributed by atoms with E-state index >= 15 is 0 Å². The van der Waals surface area contributed by atoms with Crippen LogP contribution in [-0.2, 0) is 14.3 Å².